The van der Waals surface area contributed by atoms with Crippen LogP contribution in [0, 0.1) is 5.82 Å². The van der Waals surface area contributed by atoms with Crippen molar-refractivity contribution in [3.05, 3.63) is 83.7 Å². The van der Waals surface area contributed by atoms with Gasteiger partial charge >= 0.3 is 5.97 Å². The molecule has 0 spiro atoms. The molecule has 0 amide bonds. The minimum absolute atomic E-state index is 0.0364. The van der Waals surface area contributed by atoms with Gasteiger partial charge in [0.15, 0.2) is 0 Å². The maximum absolute atomic E-state index is 15.5. The molecule has 1 saturated carbocycles. The van der Waals surface area contributed by atoms with Gasteiger partial charge in [0.05, 0.1) is 10.7 Å². The first-order valence-corrected chi connectivity index (χ1v) is 14.2. The Morgan fingerprint density at radius 3 is 2.35 bits per heavy atom. The Bertz CT molecular complexity index is 1230. The van der Waals surface area contributed by atoms with E-state index in [0.29, 0.717) is 43.2 Å². The summed E-state index contributed by atoms with van der Waals surface area (Å²) in [4.78, 5) is 12.5. The van der Waals surface area contributed by atoms with E-state index in [2.05, 4.69) is 10.2 Å². The highest BCUT2D eigenvalue weighted by Gasteiger charge is 2.45. The third-order valence-corrected chi connectivity index (χ3v) is 10.7. The minimum Gasteiger partial charge on any atom is -0.481 e. The molecular formula is C27H33FN4O4S. The molecule has 2 aromatic carbocycles. The zero-order valence-corrected chi connectivity index (χ0v) is 21.6. The number of hydrogen-bond donors (Lipinski definition) is 3. The molecule has 2 unspecified atom stereocenters. The molecular weight excluding hydrogens is 495 g/mol. The lowest BCUT2D eigenvalue weighted by atomic mass is 9.68. The van der Waals surface area contributed by atoms with Crippen LogP contribution in [0.2, 0.25) is 0 Å². The highest BCUT2D eigenvalue weighted by atomic mass is 32.3. The molecule has 2 atom stereocenters. The zero-order chi connectivity index (χ0) is 26.2. The number of halogens is 1. The minimum atomic E-state index is -3.21. The third-order valence-electron chi connectivity index (χ3n) is 8.24. The van der Waals surface area contributed by atoms with Crippen LogP contribution in [0.25, 0.3) is 0 Å². The van der Waals surface area contributed by atoms with Crippen LogP contribution < -0.4 is 0 Å². The largest absolute Gasteiger partial charge is 0.481 e. The summed E-state index contributed by atoms with van der Waals surface area (Å²) >= 11 is 0. The molecule has 10 heteroatoms. The first-order valence-electron chi connectivity index (χ1n) is 12.7. The van der Waals surface area contributed by atoms with Crippen LogP contribution in [0.5, 0.6) is 0 Å². The number of aliphatic carboxylic acids is 1. The van der Waals surface area contributed by atoms with Gasteiger partial charge in [-0.3, -0.25) is 13.9 Å². The molecule has 2 heterocycles. The summed E-state index contributed by atoms with van der Waals surface area (Å²) < 4.78 is 41.6. The smallest absolute Gasteiger partial charge is 0.314 e. The Labute approximate surface area is 217 Å². The Morgan fingerprint density at radius 2 is 1.73 bits per heavy atom. The van der Waals surface area contributed by atoms with Crippen molar-refractivity contribution >= 4 is 16.7 Å². The SMILES string of the molecule is CC1CCC(c2ccccc2)S(O)(O)N1Cc1ccc(C2(C(=O)O)CCC(n3cnnc3)CC2)cc1F. The summed E-state index contributed by atoms with van der Waals surface area (Å²) in [5.41, 5.74) is 0.469. The van der Waals surface area contributed by atoms with E-state index in [4.69, 9.17) is 0 Å². The fourth-order valence-electron chi connectivity index (χ4n) is 5.95. The molecule has 1 aliphatic carbocycles. The van der Waals surface area contributed by atoms with Gasteiger partial charge in [0.25, 0.3) is 0 Å². The van der Waals surface area contributed by atoms with Gasteiger partial charge in [-0.15, -0.1) is 21.0 Å². The molecule has 8 nitrogen and oxygen atoms in total. The average molecular weight is 529 g/mol. The number of rotatable bonds is 6. The van der Waals surface area contributed by atoms with Crippen LogP contribution >= 0.6 is 10.8 Å². The lowest BCUT2D eigenvalue weighted by molar-refractivity contribution is -0.145. The predicted octanol–water partition coefficient (Wildman–Crippen LogP) is 5.95. The second-order valence-electron chi connectivity index (χ2n) is 10.3. The molecule has 0 radical (unpaired) electrons. The topological polar surface area (TPSA) is 112 Å². The quantitative estimate of drug-likeness (QED) is 0.363. The van der Waals surface area contributed by atoms with Crippen molar-refractivity contribution in [3.63, 3.8) is 0 Å². The monoisotopic (exact) mass is 528 g/mol. The Balaban J connectivity index is 1.37. The van der Waals surface area contributed by atoms with Gasteiger partial charge in [-0.2, -0.15) is 4.31 Å². The molecule has 5 rings (SSSR count). The van der Waals surface area contributed by atoms with Gasteiger partial charge in [0, 0.05) is 24.2 Å². The van der Waals surface area contributed by atoms with Crippen molar-refractivity contribution < 1.29 is 23.4 Å². The fourth-order valence-corrected chi connectivity index (χ4v) is 8.21. The Hall–Kier alpha value is -2.79. The predicted molar refractivity (Wildman–Crippen MR) is 140 cm³/mol. The molecule has 1 aromatic heterocycles. The highest BCUT2D eigenvalue weighted by Crippen LogP contribution is 2.63. The number of aromatic nitrogens is 3. The van der Waals surface area contributed by atoms with Gasteiger partial charge in [-0.1, -0.05) is 42.5 Å². The Morgan fingerprint density at radius 1 is 1.05 bits per heavy atom. The average Bonchev–Trinajstić information content (AvgIpc) is 3.43. The normalized spacial score (nSPS) is 29.0. The lowest BCUT2D eigenvalue weighted by Crippen LogP contribution is -2.42. The van der Waals surface area contributed by atoms with Crippen molar-refractivity contribution in [1.29, 1.82) is 0 Å². The van der Waals surface area contributed by atoms with Crippen LogP contribution in [0.4, 0.5) is 4.39 Å². The second kappa shape index (κ2) is 10.2. The molecule has 1 aliphatic heterocycles. The van der Waals surface area contributed by atoms with E-state index in [9.17, 15) is 19.0 Å². The second-order valence-corrected chi connectivity index (χ2v) is 12.5. The number of nitrogens with zero attached hydrogens (tertiary/aromatic N) is 4. The summed E-state index contributed by atoms with van der Waals surface area (Å²) in [7, 11) is -3.21. The third kappa shape index (κ3) is 4.79. The van der Waals surface area contributed by atoms with Crippen LogP contribution in [0.3, 0.4) is 0 Å². The zero-order valence-electron chi connectivity index (χ0n) is 20.8. The standard InChI is InChI=1S/C27H33FN4O4S/c1-19-7-10-25(20-5-3-2-4-6-20)37(35,36)32(19)16-21-8-9-22(15-24(21)28)27(26(33)34)13-11-23(12-14-27)31-17-29-30-18-31/h2-6,8-9,15,17-19,23,25,35-36H,7,10-14,16H2,1H3,(H,33,34). The molecule has 37 heavy (non-hydrogen) atoms. The first kappa shape index (κ1) is 25.8. The number of carboxylic acid groups (broad SMARTS) is 1. The molecule has 3 aromatic rings. The van der Waals surface area contributed by atoms with Gasteiger partial charge in [0.1, 0.15) is 18.5 Å². The van der Waals surface area contributed by atoms with Gasteiger partial charge in [0.2, 0.25) is 0 Å². The van der Waals surface area contributed by atoms with Crippen LogP contribution in [0.15, 0.2) is 61.2 Å². The van der Waals surface area contributed by atoms with Gasteiger partial charge in [-0.25, -0.2) is 4.39 Å². The van der Waals surface area contributed by atoms with Crippen molar-refractivity contribution in [1.82, 2.24) is 19.1 Å². The number of carboxylic acids is 1. The van der Waals surface area contributed by atoms with E-state index in [-0.39, 0.29) is 18.6 Å². The van der Waals surface area contributed by atoms with Crippen LogP contribution in [-0.2, 0) is 16.8 Å². The van der Waals surface area contributed by atoms with E-state index < -0.39 is 33.2 Å². The maximum Gasteiger partial charge on any atom is 0.314 e. The van der Waals surface area contributed by atoms with Crippen LogP contribution in [-0.4, -0.2) is 45.3 Å². The van der Waals surface area contributed by atoms with Gasteiger partial charge in [-0.05, 0) is 62.6 Å². The van der Waals surface area contributed by atoms with E-state index in [0.717, 1.165) is 12.0 Å². The van der Waals surface area contributed by atoms with Crippen molar-refractivity contribution in [2.24, 2.45) is 0 Å². The number of carbonyl (C=O) groups is 1. The molecule has 0 bridgehead atoms. The van der Waals surface area contributed by atoms with Crippen molar-refractivity contribution in [2.75, 3.05) is 0 Å². The van der Waals surface area contributed by atoms with E-state index in [1.54, 1.807) is 29.1 Å². The lowest BCUT2D eigenvalue weighted by Gasteiger charge is -2.54. The summed E-state index contributed by atoms with van der Waals surface area (Å²) in [6.45, 7) is 1.96. The molecule has 198 valence electrons. The summed E-state index contributed by atoms with van der Waals surface area (Å²) in [6.07, 6.45) is 6.69. The maximum atomic E-state index is 15.5. The summed E-state index contributed by atoms with van der Waals surface area (Å²) in [5, 5.41) is 17.4. The molecule has 2 fully saturated rings. The van der Waals surface area contributed by atoms with E-state index in [1.807, 2.05) is 41.8 Å². The fraction of sp³-hybridized carbons (Fsp3) is 0.444. The van der Waals surface area contributed by atoms with Crippen molar-refractivity contribution in [2.45, 2.75) is 74.7 Å². The number of hydrogen-bond acceptors (Lipinski definition) is 6. The highest BCUT2D eigenvalue weighted by molar-refractivity contribution is 8.22. The van der Waals surface area contributed by atoms with Crippen molar-refractivity contribution in [3.8, 4) is 0 Å². The first-order chi connectivity index (χ1) is 17.7. The van der Waals surface area contributed by atoms with Crippen LogP contribution in [0.1, 0.15) is 73.4 Å². The molecule has 3 N–H and O–H groups in total. The molecule has 1 saturated heterocycles. The molecule has 2 aliphatic rings. The number of benzene rings is 2. The van der Waals surface area contributed by atoms with Gasteiger partial charge < -0.3 is 9.67 Å². The Kier molecular flexibility index (Phi) is 7.10. The summed E-state index contributed by atoms with van der Waals surface area (Å²) in [6, 6.07) is 14.1. The van der Waals surface area contributed by atoms with E-state index >= 15 is 4.39 Å². The van der Waals surface area contributed by atoms with E-state index in [1.165, 1.54) is 6.07 Å². The summed E-state index contributed by atoms with van der Waals surface area (Å²) in [5.74, 6) is -1.48.